The number of nitrogens with zero attached hydrogens (tertiary/aromatic N) is 1. The Morgan fingerprint density at radius 1 is 1.33 bits per heavy atom. The zero-order valence-corrected chi connectivity index (χ0v) is 18.0. The first-order valence-electron chi connectivity index (χ1n) is 8.64. The second-order valence-corrected chi connectivity index (χ2v) is 8.10. The molecule has 10 heteroatoms. The van der Waals surface area contributed by atoms with Crippen LogP contribution in [0, 0.1) is 11.3 Å². The largest absolute Gasteiger partial charge is 0.468 e. The number of carbonyl (C=O) groups excluding carboxylic acids is 2. The highest BCUT2D eigenvalue weighted by molar-refractivity contribution is 8.03. The summed E-state index contributed by atoms with van der Waals surface area (Å²) in [6, 6.07) is 10.2. The third-order valence-corrected chi connectivity index (χ3v) is 6.05. The number of halogens is 2. The summed E-state index contributed by atoms with van der Waals surface area (Å²) in [5.74, 6) is -1.28. The van der Waals surface area contributed by atoms with Gasteiger partial charge in [0.25, 0.3) is 0 Å². The molecule has 2 heterocycles. The molecule has 7 nitrogen and oxygen atoms in total. The van der Waals surface area contributed by atoms with Gasteiger partial charge in [0.2, 0.25) is 11.8 Å². The van der Waals surface area contributed by atoms with Crippen molar-refractivity contribution >= 4 is 52.5 Å². The molecule has 1 aromatic carbocycles. The Kier molecular flexibility index (Phi) is 6.77. The lowest BCUT2D eigenvalue weighted by Gasteiger charge is -2.27. The number of nitriles is 1. The van der Waals surface area contributed by atoms with Gasteiger partial charge in [-0.05, 0) is 37.3 Å². The second-order valence-electron chi connectivity index (χ2n) is 6.30. The predicted molar refractivity (Wildman–Crippen MR) is 117 cm³/mol. The van der Waals surface area contributed by atoms with Gasteiger partial charge in [0, 0.05) is 11.4 Å². The molecule has 0 fully saturated rings. The molecule has 1 aromatic heterocycles. The van der Waals surface area contributed by atoms with Gasteiger partial charge in [-0.15, -0.1) is 0 Å². The van der Waals surface area contributed by atoms with Crippen molar-refractivity contribution in [2.45, 2.75) is 12.8 Å². The number of rotatable bonds is 6. The first kappa shape index (κ1) is 21.8. The molecule has 0 radical (unpaired) electrons. The van der Waals surface area contributed by atoms with E-state index in [0.717, 1.165) is 11.8 Å². The van der Waals surface area contributed by atoms with Gasteiger partial charge >= 0.3 is 0 Å². The maximum atomic E-state index is 12.4. The highest BCUT2D eigenvalue weighted by Crippen LogP contribution is 2.40. The number of dihydropyridines is 1. The van der Waals surface area contributed by atoms with Crippen molar-refractivity contribution in [3.8, 4) is 6.07 Å². The van der Waals surface area contributed by atoms with Crippen LogP contribution in [-0.2, 0) is 9.59 Å². The molecule has 30 heavy (non-hydrogen) atoms. The number of nitrogens with two attached hydrogens (primary N) is 1. The number of anilines is 1. The van der Waals surface area contributed by atoms with Gasteiger partial charge in [-0.2, -0.15) is 5.26 Å². The zero-order valence-electron chi connectivity index (χ0n) is 15.7. The number of thioether (sulfide) groups is 1. The smallest absolute Gasteiger partial charge is 0.247 e. The number of nitrogens with one attached hydrogen (secondary N) is 2. The SMILES string of the molecule is CC1=C(C(N)=O)[C@H](c2ccco2)C(C#N)=C(SCC(=O)Nc2ccc(Cl)c(Cl)c2)N1. The van der Waals surface area contributed by atoms with Crippen LogP contribution < -0.4 is 16.4 Å². The number of primary amides is 1. The van der Waals surface area contributed by atoms with E-state index in [1.54, 1.807) is 37.3 Å². The maximum absolute atomic E-state index is 12.4. The number of hydrogen-bond acceptors (Lipinski definition) is 6. The highest BCUT2D eigenvalue weighted by Gasteiger charge is 2.35. The average Bonchev–Trinajstić information content (AvgIpc) is 3.22. The molecule has 0 saturated heterocycles. The minimum atomic E-state index is -0.746. The fraction of sp³-hybridized carbons (Fsp3) is 0.150. The van der Waals surface area contributed by atoms with Gasteiger partial charge in [0.15, 0.2) is 0 Å². The summed E-state index contributed by atoms with van der Waals surface area (Å²) in [6.45, 7) is 1.68. The van der Waals surface area contributed by atoms with Crippen LogP contribution in [0.2, 0.25) is 10.0 Å². The van der Waals surface area contributed by atoms with Gasteiger partial charge in [-0.25, -0.2) is 0 Å². The van der Waals surface area contributed by atoms with Crippen molar-refractivity contribution < 1.29 is 14.0 Å². The van der Waals surface area contributed by atoms with Gasteiger partial charge in [-0.3, -0.25) is 9.59 Å². The predicted octanol–water partition coefficient (Wildman–Crippen LogP) is 4.14. The van der Waals surface area contributed by atoms with Gasteiger partial charge in [0.1, 0.15) is 5.76 Å². The lowest BCUT2D eigenvalue weighted by atomic mass is 9.86. The number of benzene rings is 1. The number of carbonyl (C=O) groups is 2. The fourth-order valence-electron chi connectivity index (χ4n) is 3.00. The molecular formula is C20H16Cl2N4O3S. The summed E-state index contributed by atoms with van der Waals surface area (Å²) < 4.78 is 5.44. The number of allylic oxidation sites excluding steroid dienone is 2. The Bertz CT molecular complexity index is 1100. The topological polar surface area (TPSA) is 121 Å². The highest BCUT2D eigenvalue weighted by atomic mass is 35.5. The van der Waals surface area contributed by atoms with Crippen LogP contribution in [0.15, 0.2) is 62.9 Å². The van der Waals surface area contributed by atoms with Crippen molar-refractivity contribution in [2.75, 3.05) is 11.1 Å². The molecule has 154 valence electrons. The van der Waals surface area contributed by atoms with Crippen molar-refractivity contribution in [3.05, 3.63) is 74.3 Å². The van der Waals surface area contributed by atoms with Gasteiger partial charge in [-0.1, -0.05) is 35.0 Å². The standard InChI is InChI=1S/C20H16Cl2N4O3S/c1-10-17(19(24)28)18(15-3-2-6-29-15)12(8-23)20(25-10)30-9-16(27)26-11-4-5-13(21)14(22)7-11/h2-7,18,25H,9H2,1H3,(H2,24,28)(H,26,27)/t18-/m0/s1. The molecule has 0 unspecified atom stereocenters. The number of furan rings is 1. The van der Waals surface area contributed by atoms with Crippen LogP contribution in [0.5, 0.6) is 0 Å². The lowest BCUT2D eigenvalue weighted by molar-refractivity contribution is -0.115. The zero-order chi connectivity index (χ0) is 21.8. The van der Waals surface area contributed by atoms with E-state index >= 15 is 0 Å². The molecule has 4 N–H and O–H groups in total. The molecule has 0 aliphatic carbocycles. The van der Waals surface area contributed by atoms with Crippen molar-refractivity contribution in [3.63, 3.8) is 0 Å². The summed E-state index contributed by atoms with van der Waals surface area (Å²) in [7, 11) is 0. The Balaban J connectivity index is 1.81. The summed E-state index contributed by atoms with van der Waals surface area (Å²) in [5.41, 5.74) is 7.03. The molecular weight excluding hydrogens is 447 g/mol. The molecule has 1 aliphatic rings. The molecule has 2 aromatic rings. The van der Waals surface area contributed by atoms with Crippen molar-refractivity contribution in [1.82, 2.24) is 5.32 Å². The molecule has 2 amide bonds. The van der Waals surface area contributed by atoms with E-state index in [9.17, 15) is 14.9 Å². The fourth-order valence-corrected chi connectivity index (χ4v) is 4.19. The van der Waals surface area contributed by atoms with E-state index < -0.39 is 11.8 Å². The lowest BCUT2D eigenvalue weighted by Crippen LogP contribution is -2.31. The quantitative estimate of drug-likeness (QED) is 0.592. The van der Waals surface area contributed by atoms with Gasteiger partial charge < -0.3 is 20.8 Å². The van der Waals surface area contributed by atoms with Crippen LogP contribution in [0.4, 0.5) is 5.69 Å². The first-order valence-corrected chi connectivity index (χ1v) is 10.4. The average molecular weight is 463 g/mol. The molecule has 0 saturated carbocycles. The third kappa shape index (κ3) is 4.65. The Labute approximate surface area is 186 Å². The molecule has 3 rings (SSSR count). The summed E-state index contributed by atoms with van der Waals surface area (Å²) in [4.78, 5) is 24.4. The number of hydrogen-bond donors (Lipinski definition) is 3. The minimum Gasteiger partial charge on any atom is -0.468 e. The normalized spacial score (nSPS) is 16.1. The number of amides is 2. The van der Waals surface area contributed by atoms with E-state index in [0.29, 0.717) is 32.2 Å². The summed E-state index contributed by atoms with van der Waals surface area (Å²) in [5, 5.41) is 16.7. The van der Waals surface area contributed by atoms with E-state index in [2.05, 4.69) is 16.7 Å². The second kappa shape index (κ2) is 9.30. The van der Waals surface area contributed by atoms with Crippen LogP contribution in [0.25, 0.3) is 0 Å². The van der Waals surface area contributed by atoms with Crippen LogP contribution in [0.1, 0.15) is 18.6 Å². The van der Waals surface area contributed by atoms with Gasteiger partial charge in [0.05, 0.1) is 50.2 Å². The van der Waals surface area contributed by atoms with Crippen LogP contribution in [-0.4, -0.2) is 17.6 Å². The van der Waals surface area contributed by atoms with Crippen molar-refractivity contribution in [2.24, 2.45) is 5.73 Å². The van der Waals surface area contributed by atoms with E-state index in [-0.39, 0.29) is 22.8 Å². The molecule has 1 aliphatic heterocycles. The minimum absolute atomic E-state index is 0.0117. The molecule has 0 spiro atoms. The third-order valence-electron chi connectivity index (χ3n) is 4.29. The Morgan fingerprint density at radius 3 is 2.70 bits per heavy atom. The van der Waals surface area contributed by atoms with Crippen molar-refractivity contribution in [1.29, 1.82) is 5.26 Å². The summed E-state index contributed by atoms with van der Waals surface area (Å²) in [6.07, 6.45) is 1.46. The summed E-state index contributed by atoms with van der Waals surface area (Å²) >= 11 is 13.0. The molecule has 0 bridgehead atoms. The monoisotopic (exact) mass is 462 g/mol. The van der Waals surface area contributed by atoms with E-state index in [1.165, 1.54) is 6.26 Å². The van der Waals surface area contributed by atoms with E-state index in [4.69, 9.17) is 33.4 Å². The van der Waals surface area contributed by atoms with Crippen LogP contribution in [0.3, 0.4) is 0 Å². The Morgan fingerprint density at radius 2 is 2.10 bits per heavy atom. The van der Waals surface area contributed by atoms with E-state index in [1.807, 2.05) is 0 Å². The Hall–Kier alpha value is -2.86. The molecule has 1 atom stereocenters. The first-order chi connectivity index (χ1) is 14.3. The maximum Gasteiger partial charge on any atom is 0.247 e. The van der Waals surface area contributed by atoms with Crippen LogP contribution >= 0.6 is 35.0 Å².